The zero-order chi connectivity index (χ0) is 19.6. The van der Waals surface area contributed by atoms with E-state index in [0.29, 0.717) is 0 Å². The number of amides is 1. The molecule has 1 N–H and O–H groups in total. The van der Waals surface area contributed by atoms with Gasteiger partial charge in [-0.3, -0.25) is 14.2 Å². The fourth-order valence-corrected chi connectivity index (χ4v) is 2.62. The Hall–Kier alpha value is -2.37. The van der Waals surface area contributed by atoms with Gasteiger partial charge in [-0.1, -0.05) is 0 Å². The molecule has 2 aromatic rings. The second-order valence-electron chi connectivity index (χ2n) is 5.20. The maximum Gasteiger partial charge on any atom is 0.436 e. The van der Waals surface area contributed by atoms with Crippen LogP contribution in [0.15, 0.2) is 10.7 Å². The molecule has 0 saturated heterocycles. The summed E-state index contributed by atoms with van der Waals surface area (Å²) in [6.45, 7) is 2.69. The van der Waals surface area contributed by atoms with Crippen LogP contribution in [0.2, 0.25) is 0 Å². The number of rotatable bonds is 5. The minimum atomic E-state index is -4.65. The van der Waals surface area contributed by atoms with E-state index in [0.717, 1.165) is 4.68 Å². The van der Waals surface area contributed by atoms with E-state index >= 15 is 0 Å². The van der Waals surface area contributed by atoms with Crippen LogP contribution in [0, 0.1) is 6.92 Å². The molecular formula is C14H15BrF3N5O3. The standard InChI is InChI=1S/C14H15BrF3N5O3/c1-4-26-13(25)8-5-19-22(3)12(8)20-9(24)6-23-7(2)10(15)11(21-23)14(16,17)18/h5H,4,6H2,1-3H3,(H,20,24). The van der Waals surface area contributed by atoms with Gasteiger partial charge in [-0.15, -0.1) is 0 Å². The Bertz CT molecular complexity index is 844. The molecule has 8 nitrogen and oxygen atoms in total. The van der Waals surface area contributed by atoms with Crippen molar-refractivity contribution >= 4 is 33.6 Å². The first-order valence-corrected chi connectivity index (χ1v) is 8.14. The van der Waals surface area contributed by atoms with Crippen molar-refractivity contribution in [3.05, 3.63) is 27.6 Å². The first-order valence-electron chi connectivity index (χ1n) is 7.35. The van der Waals surface area contributed by atoms with Gasteiger partial charge in [-0.05, 0) is 29.8 Å². The van der Waals surface area contributed by atoms with Crippen LogP contribution in [-0.2, 0) is 29.3 Å². The van der Waals surface area contributed by atoms with E-state index in [1.165, 1.54) is 24.9 Å². The van der Waals surface area contributed by atoms with Crippen molar-refractivity contribution < 1.29 is 27.5 Å². The summed E-state index contributed by atoms with van der Waals surface area (Å²) in [4.78, 5) is 24.1. The lowest BCUT2D eigenvalue weighted by atomic mass is 10.3. The van der Waals surface area contributed by atoms with Crippen molar-refractivity contribution in [2.24, 2.45) is 7.05 Å². The van der Waals surface area contributed by atoms with Gasteiger partial charge in [-0.2, -0.15) is 23.4 Å². The van der Waals surface area contributed by atoms with Crippen LogP contribution >= 0.6 is 15.9 Å². The highest BCUT2D eigenvalue weighted by atomic mass is 79.9. The second kappa shape index (κ2) is 7.48. The smallest absolute Gasteiger partial charge is 0.436 e. The lowest BCUT2D eigenvalue weighted by molar-refractivity contribution is -0.142. The molecule has 0 fully saturated rings. The summed E-state index contributed by atoms with van der Waals surface area (Å²) in [6, 6.07) is 0. The van der Waals surface area contributed by atoms with Crippen LogP contribution < -0.4 is 5.32 Å². The van der Waals surface area contributed by atoms with Crippen LogP contribution in [0.3, 0.4) is 0 Å². The third-order valence-corrected chi connectivity index (χ3v) is 4.34. The third kappa shape index (κ3) is 4.06. The van der Waals surface area contributed by atoms with Crippen molar-refractivity contribution in [1.82, 2.24) is 19.6 Å². The normalized spacial score (nSPS) is 11.5. The van der Waals surface area contributed by atoms with E-state index < -0.39 is 30.3 Å². The molecule has 0 aliphatic heterocycles. The van der Waals surface area contributed by atoms with Crippen LogP contribution in [0.25, 0.3) is 0 Å². The van der Waals surface area contributed by atoms with Crippen molar-refractivity contribution in [2.45, 2.75) is 26.6 Å². The number of esters is 1. The second-order valence-corrected chi connectivity index (χ2v) is 6.00. The van der Waals surface area contributed by atoms with Crippen molar-refractivity contribution in [3.8, 4) is 0 Å². The number of ether oxygens (including phenoxy) is 1. The average molecular weight is 438 g/mol. The molecular weight excluding hydrogens is 423 g/mol. The third-order valence-electron chi connectivity index (χ3n) is 3.39. The average Bonchev–Trinajstić information content (AvgIpc) is 3.02. The van der Waals surface area contributed by atoms with Gasteiger partial charge in [0.2, 0.25) is 5.91 Å². The molecule has 0 aliphatic carbocycles. The molecule has 26 heavy (non-hydrogen) atoms. The zero-order valence-electron chi connectivity index (χ0n) is 14.0. The van der Waals surface area contributed by atoms with Gasteiger partial charge in [-0.25, -0.2) is 4.79 Å². The molecule has 12 heteroatoms. The maximum atomic E-state index is 12.9. The predicted octanol–water partition coefficient (Wildman–Crippen LogP) is 2.52. The van der Waals surface area contributed by atoms with Crippen LogP contribution in [0.4, 0.5) is 19.0 Å². The highest BCUT2D eigenvalue weighted by Gasteiger charge is 2.38. The molecule has 0 spiro atoms. The quantitative estimate of drug-likeness (QED) is 0.725. The van der Waals surface area contributed by atoms with Crippen molar-refractivity contribution in [2.75, 3.05) is 11.9 Å². The van der Waals surface area contributed by atoms with E-state index in [1.807, 2.05) is 0 Å². The van der Waals surface area contributed by atoms with Crippen LogP contribution in [0.1, 0.15) is 28.7 Å². The Kier molecular flexibility index (Phi) is 5.74. The molecule has 0 aliphatic rings. The molecule has 2 rings (SSSR count). The van der Waals surface area contributed by atoms with Crippen molar-refractivity contribution in [3.63, 3.8) is 0 Å². The van der Waals surface area contributed by atoms with Gasteiger partial charge in [0, 0.05) is 7.05 Å². The molecule has 2 heterocycles. The molecule has 0 radical (unpaired) electrons. The summed E-state index contributed by atoms with van der Waals surface area (Å²) in [7, 11) is 1.50. The predicted molar refractivity (Wildman–Crippen MR) is 87.5 cm³/mol. The monoisotopic (exact) mass is 437 g/mol. The summed E-state index contributed by atoms with van der Waals surface area (Å²) in [5.74, 6) is -1.27. The number of hydrogen-bond acceptors (Lipinski definition) is 5. The lowest BCUT2D eigenvalue weighted by Crippen LogP contribution is -2.23. The summed E-state index contributed by atoms with van der Waals surface area (Å²) < 4.78 is 45.4. The van der Waals surface area contributed by atoms with E-state index in [2.05, 4.69) is 31.4 Å². The van der Waals surface area contributed by atoms with Gasteiger partial charge in [0.25, 0.3) is 0 Å². The number of nitrogens with zero attached hydrogens (tertiary/aromatic N) is 4. The number of halogens is 4. The lowest BCUT2D eigenvalue weighted by Gasteiger charge is -2.09. The number of hydrogen-bond donors (Lipinski definition) is 1. The largest absolute Gasteiger partial charge is 0.462 e. The number of nitrogens with one attached hydrogen (secondary N) is 1. The molecule has 0 atom stereocenters. The van der Waals surface area contributed by atoms with Gasteiger partial charge < -0.3 is 10.1 Å². The number of aromatic nitrogens is 4. The Morgan fingerprint density at radius 3 is 2.58 bits per heavy atom. The number of aryl methyl sites for hydroxylation is 1. The van der Waals surface area contributed by atoms with Gasteiger partial charge in [0.05, 0.1) is 23.0 Å². The molecule has 0 unspecified atom stereocenters. The Morgan fingerprint density at radius 2 is 2.04 bits per heavy atom. The Morgan fingerprint density at radius 1 is 1.38 bits per heavy atom. The maximum absolute atomic E-state index is 12.9. The first kappa shape index (κ1) is 19.9. The molecule has 0 bridgehead atoms. The summed E-state index contributed by atoms with van der Waals surface area (Å²) in [6.07, 6.45) is -3.42. The zero-order valence-corrected chi connectivity index (χ0v) is 15.6. The summed E-state index contributed by atoms with van der Waals surface area (Å²) >= 11 is 2.84. The van der Waals surface area contributed by atoms with Crippen LogP contribution in [-0.4, -0.2) is 38.0 Å². The minimum Gasteiger partial charge on any atom is -0.462 e. The highest BCUT2D eigenvalue weighted by molar-refractivity contribution is 9.10. The van der Waals surface area contributed by atoms with Crippen LogP contribution in [0.5, 0.6) is 0 Å². The molecule has 0 aromatic carbocycles. The van der Waals surface area contributed by atoms with E-state index in [9.17, 15) is 22.8 Å². The van der Waals surface area contributed by atoms with Crippen molar-refractivity contribution in [1.29, 1.82) is 0 Å². The fourth-order valence-electron chi connectivity index (χ4n) is 2.11. The fraction of sp³-hybridized carbons (Fsp3) is 0.429. The first-order chi connectivity index (χ1) is 12.1. The minimum absolute atomic E-state index is 0.0389. The van der Waals surface area contributed by atoms with Gasteiger partial charge in [0.15, 0.2) is 5.69 Å². The number of carbonyl (C=O) groups is 2. The van der Waals surface area contributed by atoms with E-state index in [-0.39, 0.29) is 28.2 Å². The molecule has 0 saturated carbocycles. The number of alkyl halides is 3. The topological polar surface area (TPSA) is 91.0 Å². The van der Waals surface area contributed by atoms with Gasteiger partial charge >= 0.3 is 12.1 Å². The van der Waals surface area contributed by atoms with E-state index in [4.69, 9.17) is 4.74 Å². The summed E-state index contributed by atoms with van der Waals surface area (Å²) in [5, 5.41) is 9.74. The highest BCUT2D eigenvalue weighted by Crippen LogP contribution is 2.35. The Balaban J connectivity index is 2.21. The van der Waals surface area contributed by atoms with Gasteiger partial charge in [0.1, 0.15) is 17.9 Å². The number of carbonyl (C=O) groups excluding carboxylic acids is 2. The molecule has 1 amide bonds. The molecule has 142 valence electrons. The number of anilines is 1. The summed E-state index contributed by atoms with van der Waals surface area (Å²) in [5.41, 5.74) is -0.935. The molecule has 2 aromatic heterocycles. The Labute approximate surface area is 154 Å². The van der Waals surface area contributed by atoms with E-state index in [1.54, 1.807) is 6.92 Å². The SMILES string of the molecule is CCOC(=O)c1cnn(C)c1NC(=O)Cn1nc(C(F)(F)F)c(Br)c1C.